The molecule has 0 radical (unpaired) electrons. The minimum atomic E-state index is -0.166. The summed E-state index contributed by atoms with van der Waals surface area (Å²) in [6, 6.07) is 0. The molecule has 1 atom stereocenters. The second-order valence-corrected chi connectivity index (χ2v) is 7.48. The lowest BCUT2D eigenvalue weighted by atomic mass is 9.96. The minimum Gasteiger partial charge on any atom is -0.469 e. The van der Waals surface area contributed by atoms with E-state index in [1.54, 1.807) is 0 Å². The van der Waals surface area contributed by atoms with E-state index in [-0.39, 0.29) is 23.7 Å². The largest absolute Gasteiger partial charge is 0.469 e. The highest BCUT2D eigenvalue weighted by atomic mass is 16.5. The summed E-state index contributed by atoms with van der Waals surface area (Å²) in [6.07, 6.45) is 4.98. The number of piperidine rings is 2. The van der Waals surface area contributed by atoms with Gasteiger partial charge in [0, 0.05) is 32.6 Å². The van der Waals surface area contributed by atoms with Crippen LogP contribution in [0.25, 0.3) is 0 Å². The van der Waals surface area contributed by atoms with Crippen molar-refractivity contribution in [1.29, 1.82) is 0 Å². The number of amides is 2. The standard InChI is InChI=1S/C19H33N3O4/c1-3-5-17(23)20-12-15-6-4-9-21(13-15)14-18(24)22-10-7-16(8-11-22)19(25)26-2/h15-16H,3-14H2,1-2H3,(H,20,23). The van der Waals surface area contributed by atoms with Gasteiger partial charge in [0.2, 0.25) is 11.8 Å². The summed E-state index contributed by atoms with van der Waals surface area (Å²) in [4.78, 5) is 39.9. The van der Waals surface area contributed by atoms with E-state index in [0.717, 1.165) is 32.4 Å². The van der Waals surface area contributed by atoms with E-state index in [4.69, 9.17) is 4.74 Å². The summed E-state index contributed by atoms with van der Waals surface area (Å²) >= 11 is 0. The molecule has 0 aliphatic carbocycles. The van der Waals surface area contributed by atoms with Gasteiger partial charge in [0.1, 0.15) is 0 Å². The van der Waals surface area contributed by atoms with Crippen molar-refractivity contribution in [2.45, 2.75) is 45.4 Å². The third-order valence-corrected chi connectivity index (χ3v) is 5.41. The zero-order valence-electron chi connectivity index (χ0n) is 16.2. The molecule has 7 nitrogen and oxygen atoms in total. The fourth-order valence-corrected chi connectivity index (χ4v) is 3.86. The zero-order valence-corrected chi connectivity index (χ0v) is 16.2. The number of nitrogens with one attached hydrogen (secondary N) is 1. The maximum Gasteiger partial charge on any atom is 0.308 e. The summed E-state index contributed by atoms with van der Waals surface area (Å²) in [7, 11) is 1.41. The maximum atomic E-state index is 12.6. The predicted molar refractivity (Wildman–Crippen MR) is 98.4 cm³/mol. The first-order chi connectivity index (χ1) is 12.5. The van der Waals surface area contributed by atoms with Crippen LogP contribution in [0.15, 0.2) is 0 Å². The Bertz CT molecular complexity index is 489. The highest BCUT2D eigenvalue weighted by Crippen LogP contribution is 2.20. The molecular formula is C19H33N3O4. The summed E-state index contributed by atoms with van der Waals surface area (Å²) < 4.78 is 4.79. The van der Waals surface area contributed by atoms with Crippen LogP contribution in [0.1, 0.15) is 45.4 Å². The van der Waals surface area contributed by atoms with Crippen LogP contribution in [0, 0.1) is 11.8 Å². The van der Waals surface area contributed by atoms with Gasteiger partial charge in [-0.2, -0.15) is 0 Å². The van der Waals surface area contributed by atoms with Crippen molar-refractivity contribution in [2.75, 3.05) is 46.4 Å². The van der Waals surface area contributed by atoms with Gasteiger partial charge < -0.3 is 15.0 Å². The fourth-order valence-electron chi connectivity index (χ4n) is 3.86. The van der Waals surface area contributed by atoms with Crippen LogP contribution in [0.3, 0.4) is 0 Å². The van der Waals surface area contributed by atoms with Gasteiger partial charge in [0.25, 0.3) is 0 Å². The molecule has 26 heavy (non-hydrogen) atoms. The second kappa shape index (κ2) is 10.5. The number of rotatable bonds is 7. The Hall–Kier alpha value is -1.63. The van der Waals surface area contributed by atoms with Crippen LogP contribution in [-0.4, -0.2) is 74.0 Å². The van der Waals surface area contributed by atoms with Gasteiger partial charge in [-0.1, -0.05) is 6.92 Å². The van der Waals surface area contributed by atoms with Crippen molar-refractivity contribution in [3.05, 3.63) is 0 Å². The predicted octanol–water partition coefficient (Wildman–Crippen LogP) is 1.03. The van der Waals surface area contributed by atoms with E-state index < -0.39 is 0 Å². The molecule has 0 spiro atoms. The Morgan fingerprint density at radius 3 is 2.50 bits per heavy atom. The Labute approximate surface area is 156 Å². The van der Waals surface area contributed by atoms with Gasteiger partial charge in [-0.3, -0.25) is 19.3 Å². The SMILES string of the molecule is CCCC(=O)NCC1CCCN(CC(=O)N2CCC(C(=O)OC)CC2)C1. The molecule has 2 amide bonds. The number of likely N-dealkylation sites (tertiary alicyclic amines) is 2. The zero-order chi connectivity index (χ0) is 18.9. The van der Waals surface area contributed by atoms with Crippen LogP contribution in [0.4, 0.5) is 0 Å². The lowest BCUT2D eigenvalue weighted by Gasteiger charge is -2.35. The molecule has 148 valence electrons. The molecule has 0 aromatic rings. The number of carbonyl (C=O) groups excluding carboxylic acids is 3. The van der Waals surface area contributed by atoms with Crippen LogP contribution < -0.4 is 5.32 Å². The summed E-state index contributed by atoms with van der Waals surface area (Å²) in [5.74, 6) is 0.441. The smallest absolute Gasteiger partial charge is 0.308 e. The number of nitrogens with zero attached hydrogens (tertiary/aromatic N) is 2. The van der Waals surface area contributed by atoms with Crippen LogP contribution in [0.2, 0.25) is 0 Å². The van der Waals surface area contributed by atoms with E-state index in [9.17, 15) is 14.4 Å². The molecular weight excluding hydrogens is 334 g/mol. The number of hydrogen-bond donors (Lipinski definition) is 1. The van der Waals surface area contributed by atoms with Gasteiger partial charge in [-0.25, -0.2) is 0 Å². The number of esters is 1. The summed E-state index contributed by atoms with van der Waals surface area (Å²) in [5, 5.41) is 3.01. The van der Waals surface area contributed by atoms with Crippen molar-refractivity contribution in [3.63, 3.8) is 0 Å². The highest BCUT2D eigenvalue weighted by Gasteiger charge is 2.29. The van der Waals surface area contributed by atoms with Crippen LogP contribution >= 0.6 is 0 Å². The number of methoxy groups -OCH3 is 1. The fraction of sp³-hybridized carbons (Fsp3) is 0.842. The first kappa shape index (κ1) is 20.7. The number of carbonyl (C=O) groups is 3. The van der Waals surface area contributed by atoms with Crippen molar-refractivity contribution in [1.82, 2.24) is 15.1 Å². The Morgan fingerprint density at radius 1 is 1.12 bits per heavy atom. The van der Waals surface area contributed by atoms with Crippen molar-refractivity contribution >= 4 is 17.8 Å². The molecule has 2 aliphatic heterocycles. The van der Waals surface area contributed by atoms with Crippen molar-refractivity contribution < 1.29 is 19.1 Å². The molecule has 0 bridgehead atoms. The lowest BCUT2D eigenvalue weighted by molar-refractivity contribution is -0.149. The van der Waals surface area contributed by atoms with Crippen LogP contribution in [0.5, 0.6) is 0 Å². The van der Waals surface area contributed by atoms with Gasteiger partial charge in [-0.15, -0.1) is 0 Å². The topological polar surface area (TPSA) is 79.0 Å². The highest BCUT2D eigenvalue weighted by molar-refractivity contribution is 5.79. The minimum absolute atomic E-state index is 0.0739. The Balaban J connectivity index is 1.71. The lowest BCUT2D eigenvalue weighted by Crippen LogP contribution is -2.48. The molecule has 0 aromatic carbocycles. The van der Waals surface area contributed by atoms with Gasteiger partial charge in [-0.05, 0) is 44.6 Å². The molecule has 1 unspecified atom stereocenters. The second-order valence-electron chi connectivity index (χ2n) is 7.48. The van der Waals surface area contributed by atoms with Gasteiger partial charge in [0.15, 0.2) is 0 Å². The number of hydrogen-bond acceptors (Lipinski definition) is 5. The van der Waals surface area contributed by atoms with Crippen molar-refractivity contribution in [3.8, 4) is 0 Å². The Kier molecular flexibility index (Phi) is 8.35. The van der Waals surface area contributed by atoms with Gasteiger partial charge in [0.05, 0.1) is 19.6 Å². The maximum absolute atomic E-state index is 12.6. The summed E-state index contributed by atoms with van der Waals surface area (Å²) in [5.41, 5.74) is 0. The Morgan fingerprint density at radius 2 is 1.85 bits per heavy atom. The third kappa shape index (κ3) is 6.27. The average molecular weight is 367 g/mol. The molecule has 7 heteroatoms. The number of ether oxygens (including phenoxy) is 1. The molecule has 2 saturated heterocycles. The van der Waals surface area contributed by atoms with Crippen LogP contribution in [-0.2, 0) is 19.1 Å². The van der Waals surface area contributed by atoms with E-state index >= 15 is 0 Å². The molecule has 0 saturated carbocycles. The molecule has 2 rings (SSSR count). The quantitative estimate of drug-likeness (QED) is 0.680. The molecule has 1 N–H and O–H groups in total. The summed E-state index contributed by atoms with van der Waals surface area (Å²) in [6.45, 7) is 6.18. The molecule has 2 aliphatic rings. The monoisotopic (exact) mass is 367 g/mol. The molecule has 0 aromatic heterocycles. The van der Waals surface area contributed by atoms with E-state index in [0.29, 0.717) is 51.4 Å². The van der Waals surface area contributed by atoms with Crippen molar-refractivity contribution in [2.24, 2.45) is 11.8 Å². The molecule has 2 fully saturated rings. The van der Waals surface area contributed by atoms with Gasteiger partial charge >= 0.3 is 5.97 Å². The van der Waals surface area contributed by atoms with E-state index in [2.05, 4.69) is 10.2 Å². The normalized spacial score (nSPS) is 22.1. The first-order valence-electron chi connectivity index (χ1n) is 9.88. The van der Waals surface area contributed by atoms with E-state index in [1.807, 2.05) is 11.8 Å². The average Bonchev–Trinajstić information content (AvgIpc) is 2.66. The van der Waals surface area contributed by atoms with E-state index in [1.165, 1.54) is 7.11 Å². The first-order valence-corrected chi connectivity index (χ1v) is 9.88. The molecule has 2 heterocycles. The third-order valence-electron chi connectivity index (χ3n) is 5.41.